The van der Waals surface area contributed by atoms with E-state index in [2.05, 4.69) is 15.6 Å². The van der Waals surface area contributed by atoms with Gasteiger partial charge in [0.25, 0.3) is 15.9 Å². The van der Waals surface area contributed by atoms with Gasteiger partial charge in [0, 0.05) is 18.1 Å². The number of nitrogens with zero attached hydrogens (tertiary/aromatic N) is 2. The van der Waals surface area contributed by atoms with Gasteiger partial charge in [0.15, 0.2) is 16.6 Å². The van der Waals surface area contributed by atoms with Crippen molar-refractivity contribution in [2.75, 3.05) is 13.1 Å². The van der Waals surface area contributed by atoms with Gasteiger partial charge in [-0.2, -0.15) is 4.31 Å². The average Bonchev–Trinajstić information content (AvgIpc) is 3.28. The van der Waals surface area contributed by atoms with Crippen molar-refractivity contribution in [2.24, 2.45) is 0 Å². The van der Waals surface area contributed by atoms with Gasteiger partial charge in [-0.1, -0.05) is 43.5 Å². The topological polar surface area (TPSA) is 139 Å². The maximum Gasteiger partial charge on any atom is 0.287 e. The molecule has 5 rings (SSSR count). The van der Waals surface area contributed by atoms with E-state index in [-0.39, 0.29) is 23.9 Å². The van der Waals surface area contributed by atoms with Crippen molar-refractivity contribution in [1.29, 1.82) is 0 Å². The molecular formula is C27H30N4O6S. The van der Waals surface area contributed by atoms with Gasteiger partial charge in [-0.15, -0.1) is 0 Å². The first-order valence-electron chi connectivity index (χ1n) is 12.8. The molecule has 200 valence electrons. The standard InChI is InChI=1S/C27H30N4O6S/c32-21-18-31(38(35,36)24-12-4-7-15-28-24)16-8-10-20(21)29-26(34)27(13-5-1-6-14-27)30-25(33)23-17-19-9-2-3-11-22(19)37-23/h2-4,7,9,11-12,15,17,20H,1,5-6,8,10,13-14,16,18H2,(H,29,34)(H,30,33). The summed E-state index contributed by atoms with van der Waals surface area (Å²) in [6.07, 6.45) is 5.40. The molecule has 2 aliphatic rings. The molecule has 38 heavy (non-hydrogen) atoms. The lowest BCUT2D eigenvalue weighted by Crippen LogP contribution is -2.62. The van der Waals surface area contributed by atoms with Gasteiger partial charge in [-0.25, -0.2) is 13.4 Å². The summed E-state index contributed by atoms with van der Waals surface area (Å²) in [5, 5.41) is 6.42. The van der Waals surface area contributed by atoms with Crippen LogP contribution < -0.4 is 10.6 Å². The van der Waals surface area contributed by atoms with E-state index < -0.39 is 39.2 Å². The third-order valence-electron chi connectivity index (χ3n) is 7.31. The Morgan fingerprint density at radius 2 is 1.79 bits per heavy atom. The van der Waals surface area contributed by atoms with Gasteiger partial charge in [-0.3, -0.25) is 14.4 Å². The van der Waals surface area contributed by atoms with Crippen LogP contribution in [0.25, 0.3) is 11.0 Å². The molecule has 3 heterocycles. The Kier molecular flexibility index (Phi) is 7.31. The summed E-state index contributed by atoms with van der Waals surface area (Å²) in [6.45, 7) is -0.215. The van der Waals surface area contributed by atoms with Crippen molar-refractivity contribution in [3.05, 3.63) is 60.5 Å². The zero-order valence-corrected chi connectivity index (χ0v) is 21.7. The molecule has 1 unspecified atom stereocenters. The van der Waals surface area contributed by atoms with E-state index in [4.69, 9.17) is 4.42 Å². The number of furan rings is 1. The van der Waals surface area contributed by atoms with Crippen LogP contribution in [0.5, 0.6) is 0 Å². The van der Waals surface area contributed by atoms with Gasteiger partial charge in [0.05, 0.1) is 12.6 Å². The Hall–Kier alpha value is -3.57. The number of aromatic nitrogens is 1. The summed E-state index contributed by atoms with van der Waals surface area (Å²) >= 11 is 0. The average molecular weight is 539 g/mol. The number of carbonyl (C=O) groups is 3. The largest absolute Gasteiger partial charge is 0.451 e. The molecule has 2 amide bonds. The lowest BCUT2D eigenvalue weighted by molar-refractivity contribution is -0.132. The number of fused-ring (bicyclic) bond motifs is 1. The van der Waals surface area contributed by atoms with Crippen LogP contribution in [0, 0.1) is 0 Å². The smallest absolute Gasteiger partial charge is 0.287 e. The number of nitrogens with one attached hydrogen (secondary N) is 2. The highest BCUT2D eigenvalue weighted by Gasteiger charge is 2.43. The molecule has 0 radical (unpaired) electrons. The minimum atomic E-state index is -3.94. The number of Topliss-reactive ketones (excluding diaryl/α,β-unsaturated/α-hetero) is 1. The van der Waals surface area contributed by atoms with Crippen LogP contribution in [-0.4, -0.2) is 60.0 Å². The number of pyridine rings is 1. The number of benzene rings is 1. The molecule has 1 saturated carbocycles. The second kappa shape index (κ2) is 10.7. The Bertz CT molecular complexity index is 1410. The van der Waals surface area contributed by atoms with Crippen molar-refractivity contribution >= 4 is 38.6 Å². The molecule has 1 aliphatic heterocycles. The van der Waals surface area contributed by atoms with Gasteiger partial charge in [0.2, 0.25) is 5.91 Å². The van der Waals surface area contributed by atoms with Crippen molar-refractivity contribution < 1.29 is 27.2 Å². The lowest BCUT2D eigenvalue weighted by atomic mass is 9.80. The summed E-state index contributed by atoms with van der Waals surface area (Å²) in [6, 6.07) is 12.6. The monoisotopic (exact) mass is 538 g/mol. The molecule has 11 heteroatoms. The van der Waals surface area contributed by atoms with Gasteiger partial charge >= 0.3 is 0 Å². The van der Waals surface area contributed by atoms with E-state index in [1.165, 1.54) is 12.3 Å². The van der Waals surface area contributed by atoms with Crippen molar-refractivity contribution in [3.8, 4) is 0 Å². The molecule has 2 aromatic heterocycles. The Morgan fingerprint density at radius 3 is 2.53 bits per heavy atom. The van der Waals surface area contributed by atoms with Crippen molar-refractivity contribution in [3.63, 3.8) is 0 Å². The number of amides is 2. The molecule has 10 nitrogen and oxygen atoms in total. The lowest BCUT2D eigenvalue weighted by Gasteiger charge is -2.37. The molecule has 3 aromatic rings. The van der Waals surface area contributed by atoms with Crippen molar-refractivity contribution in [2.45, 2.75) is 61.6 Å². The first kappa shape index (κ1) is 26.1. The quantitative estimate of drug-likeness (QED) is 0.492. The van der Waals surface area contributed by atoms with E-state index >= 15 is 0 Å². The number of hydrogen-bond acceptors (Lipinski definition) is 7. The summed E-state index contributed by atoms with van der Waals surface area (Å²) in [5.74, 6) is -1.20. The van der Waals surface area contributed by atoms with Gasteiger partial charge < -0.3 is 15.1 Å². The second-order valence-electron chi connectivity index (χ2n) is 9.89. The third kappa shape index (κ3) is 5.21. The van der Waals surface area contributed by atoms with E-state index in [1.54, 1.807) is 24.3 Å². The molecule has 2 fully saturated rings. The fraction of sp³-hybridized carbons (Fsp3) is 0.407. The van der Waals surface area contributed by atoms with Crippen LogP contribution in [0.3, 0.4) is 0 Å². The highest BCUT2D eigenvalue weighted by atomic mass is 32.2. The zero-order chi connectivity index (χ0) is 26.8. The summed E-state index contributed by atoms with van der Waals surface area (Å²) in [4.78, 5) is 43.8. The highest BCUT2D eigenvalue weighted by Crippen LogP contribution is 2.30. The minimum Gasteiger partial charge on any atom is -0.451 e. The molecule has 0 spiro atoms. The van der Waals surface area contributed by atoms with E-state index in [1.807, 2.05) is 18.2 Å². The molecule has 1 aromatic carbocycles. The maximum atomic E-state index is 13.6. The predicted octanol–water partition coefficient (Wildman–Crippen LogP) is 2.80. The number of carbonyl (C=O) groups excluding carboxylic acids is 3. The Balaban J connectivity index is 1.30. The summed E-state index contributed by atoms with van der Waals surface area (Å²) < 4.78 is 32.8. The third-order valence-corrected chi connectivity index (χ3v) is 9.07. The van der Waals surface area contributed by atoms with Crippen LogP contribution in [0.4, 0.5) is 0 Å². The first-order valence-corrected chi connectivity index (χ1v) is 14.3. The molecule has 2 N–H and O–H groups in total. The first-order chi connectivity index (χ1) is 18.3. The van der Waals surface area contributed by atoms with Crippen LogP contribution >= 0.6 is 0 Å². The fourth-order valence-corrected chi connectivity index (χ4v) is 6.59. The fourth-order valence-electron chi connectivity index (χ4n) is 5.22. The van der Waals surface area contributed by atoms with Crippen LogP contribution in [0.1, 0.15) is 55.5 Å². The number of rotatable bonds is 6. The SMILES string of the molecule is O=C(NC1(C(=O)NC2CCCN(S(=O)(=O)c3ccccn3)CC2=O)CCCCC1)c1cc2ccccc2o1. The van der Waals surface area contributed by atoms with Crippen LogP contribution in [0.15, 0.2) is 64.2 Å². The molecule has 1 atom stereocenters. The van der Waals surface area contributed by atoms with Crippen LogP contribution in [-0.2, 0) is 19.6 Å². The normalized spacial score (nSPS) is 20.5. The van der Waals surface area contributed by atoms with Crippen LogP contribution in [0.2, 0.25) is 0 Å². The second-order valence-corrected chi connectivity index (χ2v) is 11.8. The minimum absolute atomic E-state index is 0.116. The van der Waals surface area contributed by atoms with Gasteiger partial charge in [-0.05, 0) is 49.9 Å². The number of ketones is 1. The maximum absolute atomic E-state index is 13.6. The number of para-hydroxylation sites is 1. The summed E-state index contributed by atoms with van der Waals surface area (Å²) in [5.41, 5.74) is -0.602. The predicted molar refractivity (Wildman–Crippen MR) is 139 cm³/mol. The Morgan fingerprint density at radius 1 is 1.03 bits per heavy atom. The molecule has 0 bridgehead atoms. The molecular weight excluding hydrogens is 508 g/mol. The van der Waals surface area contributed by atoms with Crippen molar-refractivity contribution in [1.82, 2.24) is 19.9 Å². The number of sulfonamides is 1. The Labute approximate surface area is 220 Å². The molecule has 1 aliphatic carbocycles. The zero-order valence-electron chi connectivity index (χ0n) is 20.9. The highest BCUT2D eigenvalue weighted by molar-refractivity contribution is 7.89. The van der Waals surface area contributed by atoms with Gasteiger partial charge in [0.1, 0.15) is 11.1 Å². The number of hydrogen-bond donors (Lipinski definition) is 2. The summed E-state index contributed by atoms with van der Waals surface area (Å²) in [7, 11) is -3.94. The van der Waals surface area contributed by atoms with E-state index in [0.717, 1.165) is 29.0 Å². The van der Waals surface area contributed by atoms with E-state index in [9.17, 15) is 22.8 Å². The van der Waals surface area contributed by atoms with E-state index in [0.29, 0.717) is 31.3 Å². The molecule has 1 saturated heterocycles.